The molecule has 0 bridgehead atoms. The van der Waals surface area contributed by atoms with Crippen LogP contribution >= 0.6 is 0 Å². The number of nitrogens with one attached hydrogen (secondary N) is 1. The average molecular weight is 780 g/mol. The zero-order chi connectivity index (χ0) is 36.8. The van der Waals surface area contributed by atoms with Gasteiger partial charge in [-0.1, -0.05) is 48.6 Å². The molecule has 0 saturated heterocycles. The van der Waals surface area contributed by atoms with Crippen LogP contribution in [0.2, 0.25) is 0 Å². The number of nitro groups is 1. The molecule has 6 rings (SSSR count). The molecule has 1 radical (unpaired) electrons. The van der Waals surface area contributed by atoms with Gasteiger partial charge in [-0.2, -0.15) is 18.6 Å². The topological polar surface area (TPSA) is 220 Å². The summed E-state index contributed by atoms with van der Waals surface area (Å²) in [6.45, 7) is -0.449. The normalized spacial score (nSPS) is 11.7. The number of fused-ring (bicyclic) bond motifs is 1. The molecule has 0 amide bonds. The third-order valence-corrected chi connectivity index (χ3v) is 8.66. The minimum absolute atomic E-state index is 0. The molecule has 53 heavy (non-hydrogen) atoms. The average Bonchev–Trinajstić information content (AvgIpc) is 3.13. The second-order valence-electron chi connectivity index (χ2n) is 11.3. The number of rotatable bonds is 11. The van der Waals surface area contributed by atoms with E-state index >= 15 is 0 Å². The molecule has 16 heteroatoms. The maximum absolute atomic E-state index is 11.8. The molecule has 14 nitrogen and oxygen atoms in total. The second-order valence-corrected chi connectivity index (χ2v) is 12.7. The molecular formula is C37H28CuN6O8S. The van der Waals surface area contributed by atoms with Crippen molar-refractivity contribution >= 4 is 72.9 Å². The Kier molecular flexibility index (Phi) is 11.7. The maximum atomic E-state index is 11.8. The van der Waals surface area contributed by atoms with E-state index in [0.717, 1.165) is 28.9 Å². The summed E-state index contributed by atoms with van der Waals surface area (Å²) in [5, 5.41) is 63.8. The van der Waals surface area contributed by atoms with Crippen molar-refractivity contribution < 1.29 is 50.3 Å². The third-order valence-electron chi connectivity index (χ3n) is 7.75. The Morgan fingerprint density at radius 3 is 2.15 bits per heavy atom. The van der Waals surface area contributed by atoms with Crippen LogP contribution in [0, 0.1) is 10.1 Å². The Morgan fingerprint density at radius 2 is 1.45 bits per heavy atom. The molecule has 0 aliphatic rings. The van der Waals surface area contributed by atoms with E-state index in [4.69, 9.17) is 0 Å². The summed E-state index contributed by atoms with van der Waals surface area (Å²) >= 11 is 0. The van der Waals surface area contributed by atoms with Crippen molar-refractivity contribution in [2.75, 3.05) is 5.32 Å². The number of benzene rings is 6. The second kappa shape index (κ2) is 16.4. The minimum atomic E-state index is -4.72. The molecule has 6 aromatic rings. The van der Waals surface area contributed by atoms with Gasteiger partial charge in [-0.3, -0.25) is 14.7 Å². The number of hydrogen-bond acceptors (Lipinski definition) is 12. The summed E-state index contributed by atoms with van der Waals surface area (Å²) in [6, 6.07) is 30.9. The Bertz CT molecular complexity index is 2510. The van der Waals surface area contributed by atoms with Gasteiger partial charge >= 0.3 is 0 Å². The van der Waals surface area contributed by atoms with Gasteiger partial charge in [0.2, 0.25) is 0 Å². The van der Waals surface area contributed by atoms with Crippen LogP contribution in [0.1, 0.15) is 16.7 Å². The fraction of sp³-hybridized carbons (Fsp3) is 0.0270. The number of hydrogen-bond donors (Lipinski definition) is 5. The Hall–Kier alpha value is -6.29. The standard InChI is InChI=1S/C37H28N6O8S.Cu/c44-22-26-19-34(42-40-32-17-11-25-18-29(14-16-31(25)37(32)46)38-27-4-2-1-3-5-27)35(45)21-33(26)41-39-28-12-7-23(8-13-28)6-9-24-10-15-30(43(47)48)20-36(24)52(49,50)51;/h1-21,38,44-46H,22H2,(H,49,50,51);. The van der Waals surface area contributed by atoms with E-state index in [9.17, 15) is 38.4 Å². The number of nitro benzene ring substituents is 1. The van der Waals surface area contributed by atoms with Gasteiger partial charge in [0.05, 0.1) is 22.9 Å². The fourth-order valence-corrected chi connectivity index (χ4v) is 5.82. The first kappa shape index (κ1) is 38.0. The molecule has 0 fully saturated rings. The van der Waals surface area contributed by atoms with Crippen LogP contribution < -0.4 is 5.32 Å². The molecule has 0 unspecified atom stereocenters. The van der Waals surface area contributed by atoms with E-state index in [1.807, 2.05) is 42.5 Å². The van der Waals surface area contributed by atoms with Crippen molar-refractivity contribution in [1.29, 1.82) is 0 Å². The van der Waals surface area contributed by atoms with Crippen molar-refractivity contribution in [1.82, 2.24) is 0 Å². The smallest absolute Gasteiger partial charge is 0.295 e. The molecule has 0 spiro atoms. The number of aliphatic hydroxyl groups is 1. The molecule has 0 atom stereocenters. The Labute approximate surface area is 312 Å². The zero-order valence-electron chi connectivity index (χ0n) is 27.2. The predicted octanol–water partition coefficient (Wildman–Crippen LogP) is 9.64. The van der Waals surface area contributed by atoms with Gasteiger partial charge in [0.15, 0.2) is 5.75 Å². The third kappa shape index (κ3) is 9.15. The van der Waals surface area contributed by atoms with Crippen LogP contribution in [0.25, 0.3) is 22.9 Å². The number of azo groups is 2. The van der Waals surface area contributed by atoms with E-state index < -0.39 is 32.2 Å². The van der Waals surface area contributed by atoms with Gasteiger partial charge in [-0.15, -0.1) is 10.2 Å². The molecule has 271 valence electrons. The Morgan fingerprint density at radius 1 is 0.736 bits per heavy atom. The van der Waals surface area contributed by atoms with Gasteiger partial charge in [-0.25, -0.2) is 0 Å². The number of nitrogens with zero attached hydrogens (tertiary/aromatic N) is 5. The first-order chi connectivity index (χ1) is 25.0. The quantitative estimate of drug-likeness (QED) is 0.0211. The molecule has 0 aliphatic heterocycles. The summed E-state index contributed by atoms with van der Waals surface area (Å²) in [7, 11) is -4.72. The zero-order valence-corrected chi connectivity index (χ0v) is 29.0. The molecule has 6 aromatic carbocycles. The molecule has 5 N–H and O–H groups in total. The van der Waals surface area contributed by atoms with Gasteiger partial charge in [0.1, 0.15) is 22.0 Å². The number of para-hydroxylation sites is 1. The number of aromatic hydroxyl groups is 2. The number of non-ortho nitro benzene ring substituents is 1. The first-order valence-electron chi connectivity index (χ1n) is 15.4. The van der Waals surface area contributed by atoms with E-state index in [1.54, 1.807) is 48.5 Å². The maximum Gasteiger partial charge on any atom is 0.295 e. The van der Waals surface area contributed by atoms with Gasteiger partial charge < -0.3 is 20.6 Å². The SMILES string of the molecule is O=[N+]([O-])c1ccc(C=Cc2ccc(N=Nc3cc(O)c(N=Nc4ccc5cc(Nc6ccccc6)ccc5c4O)cc3CO)cc2)c(S(=O)(=O)O)c1.[Cu]. The summed E-state index contributed by atoms with van der Waals surface area (Å²) in [5.74, 6) is -0.377. The van der Waals surface area contributed by atoms with Crippen molar-refractivity contribution in [3.63, 3.8) is 0 Å². The van der Waals surface area contributed by atoms with Gasteiger partial charge in [0, 0.05) is 57.6 Å². The van der Waals surface area contributed by atoms with Crippen molar-refractivity contribution in [2.24, 2.45) is 20.5 Å². The summed E-state index contributed by atoms with van der Waals surface area (Å²) in [6.07, 6.45) is 2.93. The molecule has 0 heterocycles. The van der Waals surface area contributed by atoms with Crippen molar-refractivity contribution in [2.45, 2.75) is 11.5 Å². The van der Waals surface area contributed by atoms with Crippen LogP contribution in [-0.2, 0) is 33.8 Å². The molecule has 0 saturated carbocycles. The van der Waals surface area contributed by atoms with E-state index in [2.05, 4.69) is 25.8 Å². The monoisotopic (exact) mass is 779 g/mol. The number of phenols is 2. The summed E-state index contributed by atoms with van der Waals surface area (Å²) < 4.78 is 33.1. The number of phenolic OH excluding ortho intramolecular Hbond substituents is 2. The van der Waals surface area contributed by atoms with E-state index in [1.165, 1.54) is 24.3 Å². The molecular weight excluding hydrogens is 752 g/mol. The van der Waals surface area contributed by atoms with Crippen molar-refractivity contribution in [3.8, 4) is 11.5 Å². The van der Waals surface area contributed by atoms with Crippen LogP contribution in [-0.4, -0.2) is 33.2 Å². The molecule has 0 aliphatic carbocycles. The fourth-order valence-electron chi connectivity index (χ4n) is 5.11. The van der Waals surface area contributed by atoms with Crippen LogP contribution in [0.15, 0.2) is 141 Å². The first-order valence-corrected chi connectivity index (χ1v) is 16.8. The largest absolute Gasteiger partial charge is 0.506 e. The van der Waals surface area contributed by atoms with Crippen molar-refractivity contribution in [3.05, 3.63) is 142 Å². The summed E-state index contributed by atoms with van der Waals surface area (Å²) in [4.78, 5) is 9.66. The van der Waals surface area contributed by atoms with E-state index in [-0.39, 0.29) is 51.2 Å². The van der Waals surface area contributed by atoms with Gasteiger partial charge in [-0.05, 0) is 77.2 Å². The van der Waals surface area contributed by atoms with Crippen LogP contribution in [0.4, 0.5) is 39.8 Å². The van der Waals surface area contributed by atoms with Crippen LogP contribution in [0.3, 0.4) is 0 Å². The van der Waals surface area contributed by atoms with Gasteiger partial charge in [0.25, 0.3) is 15.8 Å². The number of aliphatic hydroxyl groups excluding tert-OH is 1. The number of anilines is 2. The van der Waals surface area contributed by atoms with Crippen LogP contribution in [0.5, 0.6) is 11.5 Å². The predicted molar refractivity (Wildman–Crippen MR) is 196 cm³/mol. The minimum Gasteiger partial charge on any atom is -0.506 e. The molecule has 0 aromatic heterocycles. The summed E-state index contributed by atoms with van der Waals surface area (Å²) in [5.41, 5.74) is 3.05. The Balaban J connectivity index is 0.00000541. The van der Waals surface area contributed by atoms with E-state index in [0.29, 0.717) is 22.2 Å².